The molecule has 0 saturated heterocycles. The summed E-state index contributed by atoms with van der Waals surface area (Å²) in [6, 6.07) is 15.1. The first kappa shape index (κ1) is 16.8. The SMILES string of the molecule is COC(=O)N1N=C(c2ccccc2)CC1c1ccc(OC)c(OC)c1. The standard InChI is InChI=1S/C19H20N2O4/c1-23-17-10-9-14(11-18(17)24-2)16-12-15(13-7-5-4-6-8-13)20-21(16)19(22)25-3/h4-11,16H,12H2,1-3H3. The van der Waals surface area contributed by atoms with Crippen LogP contribution >= 0.6 is 0 Å². The first-order chi connectivity index (χ1) is 12.2. The smallest absolute Gasteiger partial charge is 0.430 e. The largest absolute Gasteiger partial charge is 0.493 e. The van der Waals surface area contributed by atoms with E-state index < -0.39 is 6.09 Å². The number of methoxy groups -OCH3 is 3. The van der Waals surface area contributed by atoms with E-state index >= 15 is 0 Å². The van der Waals surface area contributed by atoms with Gasteiger partial charge in [0.25, 0.3) is 0 Å². The minimum absolute atomic E-state index is 0.262. The molecule has 25 heavy (non-hydrogen) atoms. The molecule has 1 aliphatic heterocycles. The van der Waals surface area contributed by atoms with Crippen molar-refractivity contribution in [2.24, 2.45) is 5.10 Å². The first-order valence-corrected chi connectivity index (χ1v) is 7.90. The molecule has 1 heterocycles. The number of ether oxygens (including phenoxy) is 3. The number of benzene rings is 2. The van der Waals surface area contributed by atoms with E-state index in [2.05, 4.69) is 5.10 Å². The third-order valence-corrected chi connectivity index (χ3v) is 4.17. The van der Waals surface area contributed by atoms with Crippen molar-refractivity contribution in [2.45, 2.75) is 12.5 Å². The second-order valence-corrected chi connectivity index (χ2v) is 5.56. The molecule has 0 bridgehead atoms. The number of carbonyl (C=O) groups is 1. The van der Waals surface area contributed by atoms with E-state index in [0.29, 0.717) is 17.9 Å². The van der Waals surface area contributed by atoms with Crippen LogP contribution in [0.25, 0.3) is 0 Å². The van der Waals surface area contributed by atoms with Gasteiger partial charge in [-0.15, -0.1) is 0 Å². The molecule has 0 aromatic heterocycles. The molecule has 1 amide bonds. The Hall–Kier alpha value is -3.02. The number of rotatable bonds is 4. The Kier molecular flexibility index (Phi) is 4.88. The molecule has 3 rings (SSSR count). The van der Waals surface area contributed by atoms with Crippen LogP contribution in [0.2, 0.25) is 0 Å². The average Bonchev–Trinajstić information content (AvgIpc) is 3.13. The van der Waals surface area contributed by atoms with E-state index in [1.807, 2.05) is 48.5 Å². The minimum atomic E-state index is -0.495. The molecule has 2 aromatic carbocycles. The predicted molar refractivity (Wildman–Crippen MR) is 94.1 cm³/mol. The van der Waals surface area contributed by atoms with Gasteiger partial charge in [-0.3, -0.25) is 0 Å². The van der Waals surface area contributed by atoms with Crippen LogP contribution < -0.4 is 9.47 Å². The van der Waals surface area contributed by atoms with Gasteiger partial charge in [-0.05, 0) is 23.3 Å². The number of carbonyl (C=O) groups excluding carboxylic acids is 1. The maximum Gasteiger partial charge on any atom is 0.430 e. The van der Waals surface area contributed by atoms with E-state index in [-0.39, 0.29) is 6.04 Å². The third kappa shape index (κ3) is 3.28. The van der Waals surface area contributed by atoms with Crippen LogP contribution in [0, 0.1) is 0 Å². The number of hydrogen-bond acceptors (Lipinski definition) is 5. The summed E-state index contributed by atoms with van der Waals surface area (Å²) in [5.74, 6) is 1.25. The van der Waals surface area contributed by atoms with E-state index in [4.69, 9.17) is 14.2 Å². The monoisotopic (exact) mass is 340 g/mol. The van der Waals surface area contributed by atoms with E-state index in [9.17, 15) is 4.79 Å². The summed E-state index contributed by atoms with van der Waals surface area (Å²) in [5, 5.41) is 5.87. The van der Waals surface area contributed by atoms with Crippen LogP contribution in [0.1, 0.15) is 23.6 Å². The highest BCUT2D eigenvalue weighted by Crippen LogP contribution is 2.37. The molecule has 130 valence electrons. The zero-order valence-corrected chi connectivity index (χ0v) is 14.4. The number of nitrogens with zero attached hydrogens (tertiary/aromatic N) is 2. The van der Waals surface area contributed by atoms with Crippen molar-refractivity contribution in [2.75, 3.05) is 21.3 Å². The average molecular weight is 340 g/mol. The number of amides is 1. The topological polar surface area (TPSA) is 60.4 Å². The summed E-state index contributed by atoms with van der Waals surface area (Å²) in [6.45, 7) is 0. The lowest BCUT2D eigenvalue weighted by Crippen LogP contribution is -2.26. The highest BCUT2D eigenvalue weighted by Gasteiger charge is 2.34. The highest BCUT2D eigenvalue weighted by atomic mass is 16.5. The van der Waals surface area contributed by atoms with Gasteiger partial charge in [0.2, 0.25) is 0 Å². The van der Waals surface area contributed by atoms with Gasteiger partial charge in [-0.1, -0.05) is 36.4 Å². The molecule has 2 aromatic rings. The van der Waals surface area contributed by atoms with Crippen LogP contribution in [0.3, 0.4) is 0 Å². The Morgan fingerprint density at radius 3 is 2.40 bits per heavy atom. The summed E-state index contributed by atoms with van der Waals surface area (Å²) in [4.78, 5) is 12.2. The first-order valence-electron chi connectivity index (χ1n) is 7.90. The van der Waals surface area contributed by atoms with Crippen molar-refractivity contribution < 1.29 is 19.0 Å². The van der Waals surface area contributed by atoms with Crippen LogP contribution in [0.5, 0.6) is 11.5 Å². The number of hydrazone groups is 1. The fourth-order valence-electron chi connectivity index (χ4n) is 2.90. The van der Waals surface area contributed by atoms with Gasteiger partial charge in [-0.25, -0.2) is 4.79 Å². The Morgan fingerprint density at radius 1 is 1.04 bits per heavy atom. The van der Waals surface area contributed by atoms with Gasteiger partial charge in [-0.2, -0.15) is 10.1 Å². The fourth-order valence-corrected chi connectivity index (χ4v) is 2.90. The summed E-state index contributed by atoms with van der Waals surface area (Å²) in [6.07, 6.45) is 0.0972. The van der Waals surface area contributed by atoms with Crippen LogP contribution in [0.15, 0.2) is 53.6 Å². The summed E-state index contributed by atoms with van der Waals surface area (Å²) >= 11 is 0. The molecule has 0 fully saturated rings. The predicted octanol–water partition coefficient (Wildman–Crippen LogP) is 3.62. The van der Waals surface area contributed by atoms with E-state index in [1.165, 1.54) is 12.1 Å². The second kappa shape index (κ2) is 7.25. The number of hydrogen-bond donors (Lipinski definition) is 0. The van der Waals surface area contributed by atoms with Gasteiger partial charge in [0, 0.05) is 6.42 Å². The molecular formula is C19H20N2O4. The van der Waals surface area contributed by atoms with E-state index in [0.717, 1.165) is 16.8 Å². The van der Waals surface area contributed by atoms with Crippen molar-refractivity contribution in [3.8, 4) is 11.5 Å². The third-order valence-electron chi connectivity index (χ3n) is 4.17. The molecule has 0 N–H and O–H groups in total. The highest BCUT2D eigenvalue weighted by molar-refractivity contribution is 6.02. The van der Waals surface area contributed by atoms with Crippen LogP contribution in [-0.2, 0) is 4.74 Å². The Balaban J connectivity index is 1.96. The fraction of sp³-hybridized carbons (Fsp3) is 0.263. The Bertz CT molecular complexity index is 789. The zero-order chi connectivity index (χ0) is 17.8. The summed E-state index contributed by atoms with van der Waals surface area (Å²) in [7, 11) is 4.52. The zero-order valence-electron chi connectivity index (χ0n) is 14.4. The van der Waals surface area contributed by atoms with E-state index in [1.54, 1.807) is 14.2 Å². The van der Waals surface area contributed by atoms with Crippen molar-refractivity contribution >= 4 is 11.8 Å². The maximum absolute atomic E-state index is 12.2. The van der Waals surface area contributed by atoms with Crippen LogP contribution in [-0.4, -0.2) is 38.1 Å². The molecule has 1 unspecified atom stereocenters. The molecule has 0 aliphatic carbocycles. The van der Waals surface area contributed by atoms with Crippen molar-refractivity contribution in [3.05, 3.63) is 59.7 Å². The van der Waals surface area contributed by atoms with Gasteiger partial charge < -0.3 is 14.2 Å². The van der Waals surface area contributed by atoms with Gasteiger partial charge in [0.1, 0.15) is 0 Å². The van der Waals surface area contributed by atoms with Crippen LogP contribution in [0.4, 0.5) is 4.79 Å². The quantitative estimate of drug-likeness (QED) is 0.853. The molecule has 0 saturated carbocycles. The lowest BCUT2D eigenvalue weighted by molar-refractivity contribution is 0.113. The molecule has 6 nitrogen and oxygen atoms in total. The molecule has 0 radical (unpaired) electrons. The van der Waals surface area contributed by atoms with Gasteiger partial charge in [0.05, 0.1) is 33.1 Å². The van der Waals surface area contributed by atoms with Crippen molar-refractivity contribution in [3.63, 3.8) is 0 Å². The lowest BCUT2D eigenvalue weighted by atomic mass is 9.98. The normalized spacial score (nSPS) is 16.4. The molecule has 6 heteroatoms. The Labute approximate surface area is 146 Å². The summed E-state index contributed by atoms with van der Waals surface area (Å²) < 4.78 is 15.5. The maximum atomic E-state index is 12.2. The molecule has 0 spiro atoms. The summed E-state index contributed by atoms with van der Waals surface area (Å²) in [5.41, 5.74) is 2.72. The lowest BCUT2D eigenvalue weighted by Gasteiger charge is -2.21. The Morgan fingerprint density at radius 2 is 1.76 bits per heavy atom. The molecule has 1 aliphatic rings. The van der Waals surface area contributed by atoms with Gasteiger partial charge in [0.15, 0.2) is 11.5 Å². The second-order valence-electron chi connectivity index (χ2n) is 5.56. The minimum Gasteiger partial charge on any atom is -0.493 e. The van der Waals surface area contributed by atoms with Crippen molar-refractivity contribution in [1.29, 1.82) is 0 Å². The molecular weight excluding hydrogens is 320 g/mol. The van der Waals surface area contributed by atoms with Gasteiger partial charge >= 0.3 is 6.09 Å². The van der Waals surface area contributed by atoms with Crippen molar-refractivity contribution in [1.82, 2.24) is 5.01 Å². The molecule has 1 atom stereocenters.